The molecule has 1 aromatic heterocycles. The number of benzene rings is 2. The third kappa shape index (κ3) is 4.77. The fraction of sp³-hybridized carbons (Fsp3) is 0.143. The van der Waals surface area contributed by atoms with Crippen molar-refractivity contribution in [1.29, 1.82) is 0 Å². The minimum absolute atomic E-state index is 0.196. The van der Waals surface area contributed by atoms with E-state index < -0.39 is 0 Å². The highest BCUT2D eigenvalue weighted by molar-refractivity contribution is 6.31. The Morgan fingerprint density at radius 1 is 1.15 bits per heavy atom. The molecule has 0 aliphatic heterocycles. The molecule has 138 valence electrons. The van der Waals surface area contributed by atoms with Crippen molar-refractivity contribution in [1.82, 2.24) is 10.3 Å². The SMILES string of the molecule is COc1ccccc1CNC(=O)c1ccc(Nc2ccc(C)c(Cl)c2)nc1. The van der Waals surface area contributed by atoms with Crippen LogP contribution in [0.15, 0.2) is 60.8 Å². The predicted octanol–water partition coefficient (Wildman–Crippen LogP) is 4.73. The van der Waals surface area contributed by atoms with Gasteiger partial charge >= 0.3 is 0 Å². The normalized spacial score (nSPS) is 10.3. The number of anilines is 2. The van der Waals surface area contributed by atoms with E-state index >= 15 is 0 Å². The zero-order chi connectivity index (χ0) is 19.2. The molecule has 3 rings (SSSR count). The number of nitrogens with zero attached hydrogens (tertiary/aromatic N) is 1. The van der Waals surface area contributed by atoms with E-state index in [9.17, 15) is 4.79 Å². The molecule has 0 unspecified atom stereocenters. The highest BCUT2D eigenvalue weighted by Gasteiger charge is 2.08. The molecule has 0 atom stereocenters. The number of hydrogen-bond donors (Lipinski definition) is 2. The number of halogens is 1. The van der Waals surface area contributed by atoms with Gasteiger partial charge in [-0.2, -0.15) is 0 Å². The van der Waals surface area contributed by atoms with Crippen LogP contribution in [0, 0.1) is 6.92 Å². The number of carbonyl (C=O) groups is 1. The van der Waals surface area contributed by atoms with Crippen LogP contribution < -0.4 is 15.4 Å². The van der Waals surface area contributed by atoms with E-state index in [0.717, 1.165) is 22.6 Å². The topological polar surface area (TPSA) is 63.2 Å². The Morgan fingerprint density at radius 3 is 2.67 bits per heavy atom. The van der Waals surface area contributed by atoms with Gasteiger partial charge in [0.25, 0.3) is 5.91 Å². The van der Waals surface area contributed by atoms with E-state index in [0.29, 0.717) is 22.9 Å². The number of hydrogen-bond acceptors (Lipinski definition) is 4. The third-order valence-corrected chi connectivity index (χ3v) is 4.51. The second-order valence-electron chi connectivity index (χ2n) is 6.02. The van der Waals surface area contributed by atoms with Gasteiger partial charge in [0.15, 0.2) is 0 Å². The van der Waals surface area contributed by atoms with Crippen molar-refractivity contribution in [3.63, 3.8) is 0 Å². The Labute approximate surface area is 163 Å². The third-order valence-electron chi connectivity index (χ3n) is 4.10. The number of nitrogens with one attached hydrogen (secondary N) is 2. The highest BCUT2D eigenvalue weighted by atomic mass is 35.5. The van der Waals surface area contributed by atoms with Crippen LogP contribution >= 0.6 is 11.6 Å². The molecule has 1 heterocycles. The Hall–Kier alpha value is -3.05. The molecule has 5 nitrogen and oxygen atoms in total. The molecular weight excluding hydrogens is 362 g/mol. The summed E-state index contributed by atoms with van der Waals surface area (Å²) in [5, 5.41) is 6.73. The van der Waals surface area contributed by atoms with Crippen molar-refractivity contribution in [2.75, 3.05) is 12.4 Å². The first-order chi connectivity index (χ1) is 13.1. The molecule has 0 saturated heterocycles. The molecular formula is C21H20ClN3O2. The minimum Gasteiger partial charge on any atom is -0.496 e. The number of aromatic nitrogens is 1. The van der Waals surface area contributed by atoms with Crippen LogP contribution in [0.25, 0.3) is 0 Å². The van der Waals surface area contributed by atoms with Crippen molar-refractivity contribution in [3.8, 4) is 5.75 Å². The van der Waals surface area contributed by atoms with E-state index in [1.807, 2.05) is 49.4 Å². The molecule has 27 heavy (non-hydrogen) atoms. The molecule has 0 spiro atoms. The van der Waals surface area contributed by atoms with Gasteiger partial charge in [0, 0.05) is 29.0 Å². The number of rotatable bonds is 6. The summed E-state index contributed by atoms with van der Waals surface area (Å²) >= 11 is 6.13. The lowest BCUT2D eigenvalue weighted by molar-refractivity contribution is 0.0950. The summed E-state index contributed by atoms with van der Waals surface area (Å²) in [4.78, 5) is 16.6. The van der Waals surface area contributed by atoms with Gasteiger partial charge in [-0.15, -0.1) is 0 Å². The van der Waals surface area contributed by atoms with Crippen molar-refractivity contribution in [3.05, 3.63) is 82.5 Å². The maximum Gasteiger partial charge on any atom is 0.253 e. The van der Waals surface area contributed by atoms with E-state index in [4.69, 9.17) is 16.3 Å². The zero-order valence-electron chi connectivity index (χ0n) is 15.1. The first-order valence-electron chi connectivity index (χ1n) is 8.46. The number of pyridine rings is 1. The highest BCUT2D eigenvalue weighted by Crippen LogP contribution is 2.22. The van der Waals surface area contributed by atoms with Gasteiger partial charge in [0.2, 0.25) is 0 Å². The van der Waals surface area contributed by atoms with Crippen LogP contribution in [-0.4, -0.2) is 18.0 Å². The number of para-hydroxylation sites is 1. The number of aryl methyl sites for hydroxylation is 1. The quantitative estimate of drug-likeness (QED) is 0.648. The summed E-state index contributed by atoms with van der Waals surface area (Å²) in [5.74, 6) is 1.18. The Morgan fingerprint density at radius 2 is 1.96 bits per heavy atom. The van der Waals surface area contributed by atoms with Gasteiger partial charge in [-0.25, -0.2) is 4.98 Å². The summed E-state index contributed by atoms with van der Waals surface area (Å²) in [6, 6.07) is 16.8. The van der Waals surface area contributed by atoms with Gasteiger partial charge in [0.1, 0.15) is 11.6 Å². The van der Waals surface area contributed by atoms with E-state index in [1.54, 1.807) is 19.2 Å². The Kier molecular flexibility index (Phi) is 5.94. The molecule has 0 radical (unpaired) electrons. The molecule has 0 aliphatic rings. The average molecular weight is 382 g/mol. The molecule has 3 aromatic rings. The summed E-state index contributed by atoms with van der Waals surface area (Å²) in [7, 11) is 1.61. The van der Waals surface area contributed by atoms with Crippen LogP contribution in [0.5, 0.6) is 5.75 Å². The second kappa shape index (κ2) is 8.56. The van der Waals surface area contributed by atoms with Gasteiger partial charge < -0.3 is 15.4 Å². The fourth-order valence-electron chi connectivity index (χ4n) is 2.55. The molecule has 0 fully saturated rings. The van der Waals surface area contributed by atoms with E-state index in [1.165, 1.54) is 6.20 Å². The lowest BCUT2D eigenvalue weighted by atomic mass is 10.2. The first-order valence-corrected chi connectivity index (χ1v) is 8.84. The van der Waals surface area contributed by atoms with Crippen LogP contribution in [0.2, 0.25) is 5.02 Å². The van der Waals surface area contributed by atoms with Gasteiger partial charge in [-0.1, -0.05) is 35.9 Å². The number of carbonyl (C=O) groups excluding carboxylic acids is 1. The average Bonchev–Trinajstić information content (AvgIpc) is 2.69. The largest absolute Gasteiger partial charge is 0.496 e. The molecule has 0 saturated carbocycles. The van der Waals surface area contributed by atoms with Crippen LogP contribution in [0.3, 0.4) is 0 Å². The van der Waals surface area contributed by atoms with E-state index in [-0.39, 0.29) is 5.91 Å². The van der Waals surface area contributed by atoms with Gasteiger partial charge in [-0.3, -0.25) is 4.79 Å². The molecule has 1 amide bonds. The van der Waals surface area contributed by atoms with Gasteiger partial charge in [-0.05, 0) is 42.8 Å². The number of methoxy groups -OCH3 is 1. The van der Waals surface area contributed by atoms with Gasteiger partial charge in [0.05, 0.1) is 12.7 Å². The number of amides is 1. The van der Waals surface area contributed by atoms with Crippen molar-refractivity contribution in [2.45, 2.75) is 13.5 Å². The molecule has 2 N–H and O–H groups in total. The van der Waals surface area contributed by atoms with Crippen LogP contribution in [-0.2, 0) is 6.54 Å². The lowest BCUT2D eigenvalue weighted by Crippen LogP contribution is -2.23. The summed E-state index contributed by atoms with van der Waals surface area (Å²) < 4.78 is 5.29. The monoisotopic (exact) mass is 381 g/mol. The fourth-order valence-corrected chi connectivity index (χ4v) is 2.73. The van der Waals surface area contributed by atoms with Crippen LogP contribution in [0.4, 0.5) is 11.5 Å². The first kappa shape index (κ1) is 18.7. The van der Waals surface area contributed by atoms with Crippen molar-refractivity contribution >= 4 is 29.0 Å². The summed E-state index contributed by atoms with van der Waals surface area (Å²) in [6.07, 6.45) is 1.54. The minimum atomic E-state index is -0.196. The van der Waals surface area contributed by atoms with Crippen molar-refractivity contribution in [2.24, 2.45) is 0 Å². The Bertz CT molecular complexity index is 942. The Balaban J connectivity index is 1.62. The maximum absolute atomic E-state index is 12.3. The summed E-state index contributed by atoms with van der Waals surface area (Å²) in [5.41, 5.74) is 3.25. The zero-order valence-corrected chi connectivity index (χ0v) is 15.9. The molecule has 0 bridgehead atoms. The standard InChI is InChI=1S/C21H20ClN3O2/c1-14-7-9-17(11-18(14)22)25-20-10-8-16(13-23-20)21(26)24-12-15-5-3-4-6-19(15)27-2/h3-11,13H,12H2,1-2H3,(H,23,25)(H,24,26). The maximum atomic E-state index is 12.3. The lowest BCUT2D eigenvalue weighted by Gasteiger charge is -2.10. The van der Waals surface area contributed by atoms with Crippen LogP contribution in [0.1, 0.15) is 21.5 Å². The molecule has 0 aliphatic carbocycles. The summed E-state index contributed by atoms with van der Waals surface area (Å²) in [6.45, 7) is 2.33. The van der Waals surface area contributed by atoms with Crippen molar-refractivity contribution < 1.29 is 9.53 Å². The second-order valence-corrected chi connectivity index (χ2v) is 6.42. The molecule has 6 heteroatoms. The predicted molar refractivity (Wildman–Crippen MR) is 108 cm³/mol. The van der Waals surface area contributed by atoms with E-state index in [2.05, 4.69) is 15.6 Å². The smallest absolute Gasteiger partial charge is 0.253 e. The molecule has 2 aromatic carbocycles. The number of ether oxygens (including phenoxy) is 1.